The van der Waals surface area contributed by atoms with Crippen LogP contribution in [0.15, 0.2) is 0 Å². The molecule has 1 heterocycles. The summed E-state index contributed by atoms with van der Waals surface area (Å²) in [6, 6.07) is 0. The summed E-state index contributed by atoms with van der Waals surface area (Å²) in [5, 5.41) is 11.6. The third-order valence-corrected chi connectivity index (χ3v) is 3.64. The minimum Gasteiger partial charge on any atom is -0.481 e. The lowest BCUT2D eigenvalue weighted by Gasteiger charge is -2.25. The summed E-state index contributed by atoms with van der Waals surface area (Å²) in [4.78, 5) is 37.9. The Morgan fingerprint density at radius 3 is 2.32 bits per heavy atom. The second-order valence-electron chi connectivity index (χ2n) is 6.12. The van der Waals surface area contributed by atoms with Crippen LogP contribution in [0.4, 0.5) is 0 Å². The van der Waals surface area contributed by atoms with Gasteiger partial charge in [-0.05, 0) is 46.1 Å². The van der Waals surface area contributed by atoms with Crippen molar-refractivity contribution in [2.24, 2.45) is 0 Å². The van der Waals surface area contributed by atoms with E-state index in [2.05, 4.69) is 10.3 Å². The molecule has 0 aliphatic rings. The standard InChI is InChI=1S/C16H24N2O4/c1-6-11-13(10(3)19)9(2)17-14(11)15(22)18-16(4,5)8-7-12(20)21/h17H,6-8H2,1-5H3,(H,18,22)(H,20,21). The van der Waals surface area contributed by atoms with Crippen molar-refractivity contribution >= 4 is 17.7 Å². The van der Waals surface area contributed by atoms with E-state index < -0.39 is 11.5 Å². The van der Waals surface area contributed by atoms with Crippen LogP contribution in [0.5, 0.6) is 0 Å². The molecule has 6 heteroatoms. The first kappa shape index (κ1) is 17.9. The maximum absolute atomic E-state index is 12.5. The molecule has 0 radical (unpaired) electrons. The lowest BCUT2D eigenvalue weighted by molar-refractivity contribution is -0.137. The number of Topliss-reactive ketones (excluding diaryl/α,β-unsaturated/α-hetero) is 1. The summed E-state index contributed by atoms with van der Waals surface area (Å²) < 4.78 is 0. The van der Waals surface area contributed by atoms with Gasteiger partial charge in [0.2, 0.25) is 0 Å². The molecule has 3 N–H and O–H groups in total. The van der Waals surface area contributed by atoms with Crippen molar-refractivity contribution in [1.82, 2.24) is 10.3 Å². The fraction of sp³-hybridized carbons (Fsp3) is 0.562. The molecule has 6 nitrogen and oxygen atoms in total. The zero-order valence-corrected chi connectivity index (χ0v) is 13.8. The SMILES string of the molecule is CCc1c(C(=O)NC(C)(C)CCC(=O)O)[nH]c(C)c1C(C)=O. The average molecular weight is 308 g/mol. The number of aliphatic carboxylic acids is 1. The zero-order valence-electron chi connectivity index (χ0n) is 13.8. The van der Waals surface area contributed by atoms with E-state index in [-0.39, 0.29) is 18.1 Å². The molecule has 0 unspecified atom stereocenters. The molecular formula is C16H24N2O4. The average Bonchev–Trinajstić information content (AvgIpc) is 2.73. The highest BCUT2D eigenvalue weighted by atomic mass is 16.4. The summed E-state index contributed by atoms with van der Waals surface area (Å²) in [6.45, 7) is 8.69. The molecule has 0 fully saturated rings. The first-order valence-corrected chi connectivity index (χ1v) is 7.35. The largest absolute Gasteiger partial charge is 0.481 e. The van der Waals surface area contributed by atoms with Crippen LogP contribution >= 0.6 is 0 Å². The van der Waals surface area contributed by atoms with Crippen LogP contribution in [-0.2, 0) is 11.2 Å². The third-order valence-electron chi connectivity index (χ3n) is 3.64. The van der Waals surface area contributed by atoms with E-state index in [9.17, 15) is 14.4 Å². The van der Waals surface area contributed by atoms with Gasteiger partial charge >= 0.3 is 5.97 Å². The number of aromatic amines is 1. The molecule has 0 bridgehead atoms. The molecule has 1 aromatic heterocycles. The van der Waals surface area contributed by atoms with Gasteiger partial charge in [0.25, 0.3) is 5.91 Å². The van der Waals surface area contributed by atoms with Gasteiger partial charge in [-0.15, -0.1) is 0 Å². The van der Waals surface area contributed by atoms with Crippen LogP contribution in [0.2, 0.25) is 0 Å². The Hall–Kier alpha value is -2.11. The maximum Gasteiger partial charge on any atom is 0.303 e. The number of carbonyl (C=O) groups excluding carboxylic acids is 2. The quantitative estimate of drug-likeness (QED) is 0.674. The normalized spacial score (nSPS) is 11.3. The minimum atomic E-state index is -0.897. The monoisotopic (exact) mass is 308 g/mol. The minimum absolute atomic E-state index is 0.0175. The molecule has 122 valence electrons. The number of nitrogens with one attached hydrogen (secondary N) is 2. The first-order valence-electron chi connectivity index (χ1n) is 7.35. The highest BCUT2D eigenvalue weighted by molar-refractivity contribution is 6.02. The molecule has 0 atom stereocenters. The molecule has 22 heavy (non-hydrogen) atoms. The zero-order chi connectivity index (χ0) is 17.1. The molecule has 0 saturated carbocycles. The van der Waals surface area contributed by atoms with Gasteiger partial charge in [-0.3, -0.25) is 14.4 Å². The maximum atomic E-state index is 12.5. The van der Waals surface area contributed by atoms with Crippen LogP contribution in [0.3, 0.4) is 0 Å². The smallest absolute Gasteiger partial charge is 0.303 e. The number of hydrogen-bond acceptors (Lipinski definition) is 3. The highest BCUT2D eigenvalue weighted by Crippen LogP contribution is 2.21. The number of aryl methyl sites for hydroxylation is 1. The Kier molecular flexibility index (Phi) is 5.52. The van der Waals surface area contributed by atoms with Crippen LogP contribution in [0.25, 0.3) is 0 Å². The van der Waals surface area contributed by atoms with Gasteiger partial charge in [0.05, 0.1) is 0 Å². The fourth-order valence-electron chi connectivity index (χ4n) is 2.55. The number of carbonyl (C=O) groups is 3. The molecule has 0 aliphatic heterocycles. The Labute approximate surface area is 130 Å². The van der Waals surface area contributed by atoms with Crippen LogP contribution < -0.4 is 5.32 Å². The number of ketones is 1. The molecule has 0 aliphatic carbocycles. The Balaban J connectivity index is 3.01. The van der Waals surface area contributed by atoms with Crippen molar-refractivity contribution in [3.63, 3.8) is 0 Å². The van der Waals surface area contributed by atoms with Gasteiger partial charge in [0.15, 0.2) is 5.78 Å². The van der Waals surface area contributed by atoms with Gasteiger partial charge in [0.1, 0.15) is 5.69 Å². The molecule has 1 amide bonds. The molecule has 0 spiro atoms. The number of H-pyrrole nitrogens is 1. The van der Waals surface area contributed by atoms with Crippen LogP contribution in [0, 0.1) is 6.92 Å². The van der Waals surface area contributed by atoms with Gasteiger partial charge < -0.3 is 15.4 Å². The first-order chi connectivity index (χ1) is 10.1. The number of rotatable bonds is 7. The fourth-order valence-corrected chi connectivity index (χ4v) is 2.55. The van der Waals surface area contributed by atoms with Crippen LogP contribution in [-0.4, -0.2) is 33.3 Å². The van der Waals surface area contributed by atoms with Crippen molar-refractivity contribution in [2.75, 3.05) is 0 Å². The molecule has 0 saturated heterocycles. The molecule has 1 aromatic rings. The number of hydrogen-bond donors (Lipinski definition) is 3. The van der Waals surface area contributed by atoms with Gasteiger partial charge in [0, 0.05) is 23.2 Å². The van der Waals surface area contributed by atoms with Gasteiger partial charge in [-0.2, -0.15) is 0 Å². The molecule has 0 aromatic carbocycles. The lowest BCUT2D eigenvalue weighted by Crippen LogP contribution is -2.44. The van der Waals surface area contributed by atoms with Crippen molar-refractivity contribution in [1.29, 1.82) is 0 Å². The summed E-state index contributed by atoms with van der Waals surface area (Å²) in [5.41, 5.74) is 1.69. The van der Waals surface area contributed by atoms with E-state index in [1.807, 2.05) is 6.92 Å². The predicted octanol–water partition coefficient (Wildman–Crippen LogP) is 2.46. The number of aromatic nitrogens is 1. The summed E-state index contributed by atoms with van der Waals surface area (Å²) in [6.07, 6.45) is 0.878. The van der Waals surface area contributed by atoms with Gasteiger partial charge in [-0.25, -0.2) is 0 Å². The lowest BCUT2D eigenvalue weighted by atomic mass is 9.97. The van der Waals surface area contributed by atoms with E-state index in [1.165, 1.54) is 6.92 Å². The van der Waals surface area contributed by atoms with Crippen molar-refractivity contribution in [2.45, 2.75) is 59.4 Å². The van der Waals surface area contributed by atoms with Crippen molar-refractivity contribution < 1.29 is 19.5 Å². The Bertz CT molecular complexity index is 600. The van der Waals surface area contributed by atoms with E-state index in [0.29, 0.717) is 35.4 Å². The van der Waals surface area contributed by atoms with E-state index >= 15 is 0 Å². The van der Waals surface area contributed by atoms with Crippen LogP contribution in [0.1, 0.15) is 72.6 Å². The highest BCUT2D eigenvalue weighted by Gasteiger charge is 2.26. The second-order valence-corrected chi connectivity index (χ2v) is 6.12. The number of carboxylic acids is 1. The van der Waals surface area contributed by atoms with E-state index in [1.54, 1.807) is 20.8 Å². The number of amides is 1. The van der Waals surface area contributed by atoms with Gasteiger partial charge in [-0.1, -0.05) is 6.92 Å². The second kappa shape index (κ2) is 6.77. The third kappa shape index (κ3) is 4.19. The van der Waals surface area contributed by atoms with E-state index in [4.69, 9.17) is 5.11 Å². The predicted molar refractivity (Wildman–Crippen MR) is 83.3 cm³/mol. The molecule has 1 rings (SSSR count). The topological polar surface area (TPSA) is 99.3 Å². The summed E-state index contributed by atoms with van der Waals surface area (Å²) in [7, 11) is 0. The summed E-state index contributed by atoms with van der Waals surface area (Å²) in [5.74, 6) is -1.29. The van der Waals surface area contributed by atoms with E-state index in [0.717, 1.165) is 0 Å². The molecular weight excluding hydrogens is 284 g/mol. The Morgan fingerprint density at radius 1 is 1.27 bits per heavy atom. The Morgan fingerprint density at radius 2 is 1.86 bits per heavy atom. The number of carboxylic acid groups (broad SMARTS) is 1. The van der Waals surface area contributed by atoms with Crippen molar-refractivity contribution in [3.8, 4) is 0 Å². The summed E-state index contributed by atoms with van der Waals surface area (Å²) >= 11 is 0. The van der Waals surface area contributed by atoms with Crippen molar-refractivity contribution in [3.05, 3.63) is 22.5 Å².